The molecule has 4 aliphatic rings. The SMILES string of the molecule is COCCC1CN(C(=O)c2cnn(C)c2C2=Cc3cc(OC)ccc3-c3c(C4CCCCC4)c4ccc(C(=O)NS(=O)(=O)N5CCOCC5)cc4n3C2)CCO1. The number of aromatic nitrogens is 3. The number of carbonyl (C=O) groups excluding carboxylic acids is 2. The Bertz CT molecular complexity index is 2270. The Kier molecular flexibility index (Phi) is 11.0. The van der Waals surface area contributed by atoms with Crippen LogP contribution in [0.3, 0.4) is 0 Å². The number of nitrogens with one attached hydrogen (secondary N) is 1. The van der Waals surface area contributed by atoms with Crippen LogP contribution in [0.1, 0.15) is 82.0 Å². The predicted molar refractivity (Wildman–Crippen MR) is 212 cm³/mol. The third-order valence-electron chi connectivity index (χ3n) is 11.6. The van der Waals surface area contributed by atoms with Gasteiger partial charge in [-0.25, -0.2) is 4.72 Å². The summed E-state index contributed by atoms with van der Waals surface area (Å²) >= 11 is 0. The van der Waals surface area contributed by atoms with Crippen LogP contribution in [-0.4, -0.2) is 117 Å². The Balaban J connectivity index is 1.25. The molecule has 4 aromatic rings. The topological polar surface area (TPSA) is 146 Å². The van der Waals surface area contributed by atoms with Gasteiger partial charge in [0.2, 0.25) is 0 Å². The summed E-state index contributed by atoms with van der Waals surface area (Å²) in [6, 6.07) is 11.6. The van der Waals surface area contributed by atoms with E-state index in [2.05, 4.69) is 26.5 Å². The number of rotatable bonds is 10. The average Bonchev–Trinajstić information content (AvgIpc) is 3.71. The Morgan fingerprint density at radius 1 is 0.982 bits per heavy atom. The van der Waals surface area contributed by atoms with Crippen LogP contribution in [-0.2, 0) is 38.0 Å². The third kappa shape index (κ3) is 7.38. The summed E-state index contributed by atoms with van der Waals surface area (Å²) in [6.45, 7) is 3.18. The fraction of sp³-hybridized carbons (Fsp3) is 0.488. The van der Waals surface area contributed by atoms with E-state index in [0.29, 0.717) is 62.2 Å². The first-order valence-corrected chi connectivity index (χ1v) is 21.0. The first-order valence-electron chi connectivity index (χ1n) is 19.5. The van der Waals surface area contributed by atoms with Gasteiger partial charge in [-0.1, -0.05) is 25.3 Å². The van der Waals surface area contributed by atoms with Crippen LogP contribution in [0.25, 0.3) is 33.8 Å². The summed E-state index contributed by atoms with van der Waals surface area (Å²) in [5.41, 5.74) is 7.35. The number of morpholine rings is 2. The molecule has 1 saturated carbocycles. The van der Waals surface area contributed by atoms with Crippen LogP contribution in [0.4, 0.5) is 0 Å². The molecule has 0 bridgehead atoms. The number of methoxy groups -OCH3 is 2. The van der Waals surface area contributed by atoms with Gasteiger partial charge in [-0.05, 0) is 78.3 Å². The summed E-state index contributed by atoms with van der Waals surface area (Å²) in [4.78, 5) is 30.0. The average molecular weight is 787 g/mol. The molecule has 1 aliphatic carbocycles. The molecule has 3 aliphatic heterocycles. The van der Waals surface area contributed by atoms with Gasteiger partial charge >= 0.3 is 10.2 Å². The van der Waals surface area contributed by atoms with Crippen molar-refractivity contribution < 1.29 is 37.0 Å². The van der Waals surface area contributed by atoms with Gasteiger partial charge in [-0.15, -0.1) is 0 Å². The number of hydrogen-bond donors (Lipinski definition) is 1. The van der Waals surface area contributed by atoms with E-state index in [9.17, 15) is 18.0 Å². The Morgan fingerprint density at radius 2 is 1.79 bits per heavy atom. The van der Waals surface area contributed by atoms with E-state index in [-0.39, 0.29) is 43.9 Å². The molecule has 5 heterocycles. The number of amides is 2. The second-order valence-electron chi connectivity index (χ2n) is 15.0. The van der Waals surface area contributed by atoms with Crippen molar-refractivity contribution in [2.75, 3.05) is 66.8 Å². The maximum Gasteiger partial charge on any atom is 0.304 e. The summed E-state index contributed by atoms with van der Waals surface area (Å²) in [5, 5.41) is 5.65. The number of aryl methyl sites for hydroxylation is 1. The maximum atomic E-state index is 14.4. The highest BCUT2D eigenvalue weighted by molar-refractivity contribution is 7.87. The van der Waals surface area contributed by atoms with Crippen molar-refractivity contribution >= 4 is 44.6 Å². The van der Waals surface area contributed by atoms with Gasteiger partial charge in [-0.3, -0.25) is 14.3 Å². The summed E-state index contributed by atoms with van der Waals surface area (Å²) in [7, 11) is 1.09. The molecule has 0 radical (unpaired) electrons. The molecule has 0 spiro atoms. The van der Waals surface area contributed by atoms with Crippen molar-refractivity contribution in [3.05, 3.63) is 70.5 Å². The zero-order valence-corrected chi connectivity index (χ0v) is 33.1. The van der Waals surface area contributed by atoms with Crippen molar-refractivity contribution in [2.45, 2.75) is 57.1 Å². The zero-order chi connectivity index (χ0) is 39.0. The lowest BCUT2D eigenvalue weighted by atomic mass is 9.81. The van der Waals surface area contributed by atoms with Gasteiger partial charge in [0.25, 0.3) is 11.8 Å². The van der Waals surface area contributed by atoms with E-state index in [1.54, 1.807) is 31.2 Å². The Morgan fingerprint density at radius 3 is 2.55 bits per heavy atom. The maximum absolute atomic E-state index is 14.4. The van der Waals surface area contributed by atoms with Crippen LogP contribution in [0.15, 0.2) is 42.6 Å². The lowest BCUT2D eigenvalue weighted by molar-refractivity contribution is -0.0332. The van der Waals surface area contributed by atoms with E-state index < -0.39 is 16.1 Å². The minimum Gasteiger partial charge on any atom is -0.497 e. The highest BCUT2D eigenvalue weighted by Crippen LogP contribution is 2.48. The first kappa shape index (κ1) is 38.3. The van der Waals surface area contributed by atoms with Crippen molar-refractivity contribution in [1.29, 1.82) is 0 Å². The van der Waals surface area contributed by atoms with E-state index in [1.807, 2.05) is 36.2 Å². The minimum absolute atomic E-state index is 0.115. The molecular weight excluding hydrogens is 737 g/mol. The van der Waals surface area contributed by atoms with Crippen LogP contribution in [0.5, 0.6) is 5.75 Å². The van der Waals surface area contributed by atoms with E-state index >= 15 is 0 Å². The van der Waals surface area contributed by atoms with Gasteiger partial charge < -0.3 is 28.4 Å². The number of carbonyl (C=O) groups is 2. The number of benzene rings is 2. The molecule has 1 atom stereocenters. The fourth-order valence-electron chi connectivity index (χ4n) is 8.83. The molecule has 14 nitrogen and oxygen atoms in total. The second-order valence-corrected chi connectivity index (χ2v) is 16.7. The standard InChI is InChI=1S/C41H50N6O8S/c1-44-38(35(24-42-44)41(49)45-14-20-55-32(26-45)13-17-52-2)30-21-29-22-31(53-3)10-12-33(29)39-37(27-7-5-4-6-8-27)34-11-9-28(23-36(34)47(39)25-30)40(48)43-56(50,51)46-15-18-54-19-16-46/h9-12,21-24,27,32H,4-8,13-20,25-26H2,1-3H3,(H,43,48). The highest BCUT2D eigenvalue weighted by Gasteiger charge is 2.34. The van der Waals surface area contributed by atoms with Gasteiger partial charge in [0.1, 0.15) is 5.75 Å². The van der Waals surface area contributed by atoms with Gasteiger partial charge in [0.15, 0.2) is 0 Å². The number of nitrogens with zero attached hydrogens (tertiary/aromatic N) is 5. The highest BCUT2D eigenvalue weighted by atomic mass is 32.2. The number of ether oxygens (including phenoxy) is 4. The normalized spacial score (nSPS) is 19.6. The van der Waals surface area contributed by atoms with Crippen LogP contribution >= 0.6 is 0 Å². The first-order chi connectivity index (χ1) is 27.2. The lowest BCUT2D eigenvalue weighted by Crippen LogP contribution is -2.48. The van der Waals surface area contributed by atoms with Crippen molar-refractivity contribution in [3.63, 3.8) is 0 Å². The fourth-order valence-corrected chi connectivity index (χ4v) is 9.94. The smallest absolute Gasteiger partial charge is 0.304 e. The molecule has 1 N–H and O–H groups in total. The third-order valence-corrected chi connectivity index (χ3v) is 13.1. The lowest BCUT2D eigenvalue weighted by Gasteiger charge is -2.33. The monoisotopic (exact) mass is 786 g/mol. The molecule has 8 rings (SSSR count). The second kappa shape index (κ2) is 16.1. The Hall–Kier alpha value is -4.54. The van der Waals surface area contributed by atoms with E-state index in [1.165, 1.54) is 16.3 Å². The molecule has 2 aromatic heterocycles. The number of fused-ring (bicyclic) bond motifs is 5. The van der Waals surface area contributed by atoms with Crippen LogP contribution < -0.4 is 9.46 Å². The molecule has 298 valence electrons. The Labute approximate surface area is 327 Å². The van der Waals surface area contributed by atoms with Gasteiger partial charge in [0, 0.05) is 69.0 Å². The van der Waals surface area contributed by atoms with E-state index in [0.717, 1.165) is 59.0 Å². The van der Waals surface area contributed by atoms with Crippen LogP contribution in [0.2, 0.25) is 0 Å². The predicted octanol–water partition coefficient (Wildman–Crippen LogP) is 4.84. The van der Waals surface area contributed by atoms with Crippen LogP contribution in [0, 0.1) is 0 Å². The van der Waals surface area contributed by atoms with Crippen molar-refractivity contribution in [3.8, 4) is 17.0 Å². The van der Waals surface area contributed by atoms with Crippen molar-refractivity contribution in [1.82, 2.24) is 28.3 Å². The molecule has 2 aromatic carbocycles. The quantitative estimate of drug-likeness (QED) is 0.239. The number of allylic oxidation sites excluding steroid dienone is 1. The summed E-state index contributed by atoms with van der Waals surface area (Å²) in [6.07, 6.45) is 9.89. The molecule has 1 unspecified atom stereocenters. The van der Waals surface area contributed by atoms with Gasteiger partial charge in [0.05, 0.1) is 62.7 Å². The van der Waals surface area contributed by atoms with Crippen molar-refractivity contribution in [2.24, 2.45) is 7.05 Å². The van der Waals surface area contributed by atoms with E-state index in [4.69, 9.17) is 18.9 Å². The molecule has 2 saturated heterocycles. The summed E-state index contributed by atoms with van der Waals surface area (Å²) in [5.74, 6) is 0.189. The molecule has 15 heteroatoms. The molecule has 56 heavy (non-hydrogen) atoms. The molecule has 3 fully saturated rings. The number of hydrogen-bond acceptors (Lipinski definition) is 9. The summed E-state index contributed by atoms with van der Waals surface area (Å²) < 4.78 is 56.3. The zero-order valence-electron chi connectivity index (χ0n) is 32.3. The molecule has 2 amide bonds. The molecular formula is C41H50N6O8S. The minimum atomic E-state index is -4.07. The van der Waals surface area contributed by atoms with Gasteiger partial charge in [-0.2, -0.15) is 17.8 Å². The largest absolute Gasteiger partial charge is 0.497 e.